The van der Waals surface area contributed by atoms with E-state index in [2.05, 4.69) is 19.7 Å². The smallest absolute Gasteiger partial charge is 0.438 e. The molecule has 0 aromatic carbocycles. The van der Waals surface area contributed by atoms with E-state index in [4.69, 9.17) is 21.2 Å². The molecule has 4 atom stereocenters. The largest absolute Gasteiger partial charge is 0.508 e. The van der Waals surface area contributed by atoms with Gasteiger partial charge in [-0.05, 0) is 12.8 Å². The molecule has 0 heterocycles. The summed E-state index contributed by atoms with van der Waals surface area (Å²) < 4.78 is 19.2. The van der Waals surface area contributed by atoms with Gasteiger partial charge < -0.3 is 30.6 Å². The number of hydrogen-bond acceptors (Lipinski definition) is 10. The van der Waals surface area contributed by atoms with Gasteiger partial charge in [-0.1, -0.05) is 0 Å². The Kier molecular flexibility index (Phi) is 4.68. The number of hydrazone groups is 2. The van der Waals surface area contributed by atoms with Gasteiger partial charge in [0.2, 0.25) is 0 Å². The number of methoxy groups -OCH3 is 2. The molecule has 2 rings (SSSR count). The monoisotopic (exact) mass is 314 g/mol. The molecule has 0 saturated heterocycles. The van der Waals surface area contributed by atoms with Crippen molar-refractivity contribution in [3.63, 3.8) is 0 Å². The van der Waals surface area contributed by atoms with Crippen molar-refractivity contribution >= 4 is 23.7 Å². The second-order valence-electron chi connectivity index (χ2n) is 4.91. The van der Waals surface area contributed by atoms with Crippen LogP contribution in [0, 0.1) is 11.8 Å². The molecule has 2 saturated carbocycles. The fraction of sp³-hybridized carbons (Fsp3) is 0.667. The molecule has 10 heteroatoms. The summed E-state index contributed by atoms with van der Waals surface area (Å²) in [5.41, 5.74) is 0.986. The van der Waals surface area contributed by atoms with E-state index >= 15 is 0 Å². The first-order valence-corrected chi connectivity index (χ1v) is 6.60. The maximum Gasteiger partial charge on any atom is 0.508 e. The molecule has 2 fully saturated rings. The third-order valence-corrected chi connectivity index (χ3v) is 3.95. The van der Waals surface area contributed by atoms with Crippen LogP contribution in [0.25, 0.3) is 0 Å². The van der Waals surface area contributed by atoms with Gasteiger partial charge in [-0.2, -0.15) is 10.2 Å². The molecule has 0 unspecified atom stereocenters. The Morgan fingerprint density at radius 1 is 0.909 bits per heavy atom. The van der Waals surface area contributed by atoms with Crippen molar-refractivity contribution in [3.8, 4) is 0 Å². The first-order valence-electron chi connectivity index (χ1n) is 6.60. The number of hydrogen-bond donors (Lipinski definition) is 2. The fourth-order valence-electron chi connectivity index (χ4n) is 3.07. The molecule has 2 aliphatic carbocycles. The Bertz CT molecular complexity index is 474. The van der Waals surface area contributed by atoms with E-state index in [-0.39, 0.29) is 11.8 Å². The first-order chi connectivity index (χ1) is 10.5. The Morgan fingerprint density at radius 2 is 1.27 bits per heavy atom. The number of nitrogens with zero attached hydrogens (tertiary/aromatic N) is 2. The molecule has 22 heavy (non-hydrogen) atoms. The van der Waals surface area contributed by atoms with Crippen molar-refractivity contribution in [1.29, 1.82) is 0 Å². The zero-order chi connectivity index (χ0) is 16.3. The van der Waals surface area contributed by atoms with Crippen molar-refractivity contribution in [2.75, 3.05) is 14.2 Å². The lowest BCUT2D eigenvalue weighted by molar-refractivity contribution is 0.0549. The van der Waals surface area contributed by atoms with Crippen LogP contribution in [0.3, 0.4) is 0 Å². The quantitative estimate of drug-likeness (QED) is 0.409. The Labute approximate surface area is 126 Å². The molecule has 10 nitrogen and oxygen atoms in total. The van der Waals surface area contributed by atoms with Crippen molar-refractivity contribution in [1.82, 2.24) is 0 Å². The molecule has 122 valence electrons. The summed E-state index contributed by atoms with van der Waals surface area (Å²) in [4.78, 5) is 22.5. The lowest BCUT2D eigenvalue weighted by atomic mass is 9.99. The topological polar surface area (TPSA) is 148 Å². The van der Waals surface area contributed by atoms with Crippen LogP contribution in [0.1, 0.15) is 12.8 Å². The van der Waals surface area contributed by atoms with Gasteiger partial charge in [-0.15, -0.1) is 0 Å². The van der Waals surface area contributed by atoms with Crippen molar-refractivity contribution in [3.05, 3.63) is 0 Å². The molecule has 0 spiro atoms. The summed E-state index contributed by atoms with van der Waals surface area (Å²) in [5.74, 6) is 10.5. The van der Waals surface area contributed by atoms with Gasteiger partial charge >= 0.3 is 12.3 Å². The predicted molar refractivity (Wildman–Crippen MR) is 74.0 cm³/mol. The van der Waals surface area contributed by atoms with Gasteiger partial charge in [0, 0.05) is 11.8 Å². The zero-order valence-electron chi connectivity index (χ0n) is 12.2. The summed E-state index contributed by atoms with van der Waals surface area (Å²) in [6.45, 7) is 0. The van der Waals surface area contributed by atoms with E-state index in [1.165, 1.54) is 14.2 Å². The van der Waals surface area contributed by atoms with Crippen LogP contribution in [0.15, 0.2) is 10.2 Å². The maximum atomic E-state index is 11.3. The second-order valence-corrected chi connectivity index (χ2v) is 4.91. The van der Waals surface area contributed by atoms with E-state index < -0.39 is 24.5 Å². The van der Waals surface area contributed by atoms with Crippen LogP contribution in [0.4, 0.5) is 9.59 Å². The van der Waals surface area contributed by atoms with Gasteiger partial charge in [0.15, 0.2) is 0 Å². The summed E-state index contributed by atoms with van der Waals surface area (Å²) in [6, 6.07) is 0. The van der Waals surface area contributed by atoms with E-state index in [0.29, 0.717) is 24.3 Å². The van der Waals surface area contributed by atoms with Gasteiger partial charge in [-0.25, -0.2) is 9.59 Å². The number of carbonyl (C=O) groups is 2. The predicted octanol–water partition coefficient (Wildman–Crippen LogP) is -0.0412. The van der Waals surface area contributed by atoms with Crippen LogP contribution in [0.5, 0.6) is 0 Å². The third-order valence-electron chi connectivity index (χ3n) is 3.95. The lowest BCUT2D eigenvalue weighted by Crippen LogP contribution is -2.30. The highest BCUT2D eigenvalue weighted by Crippen LogP contribution is 2.43. The van der Waals surface area contributed by atoms with Gasteiger partial charge in [0.25, 0.3) is 0 Å². The zero-order valence-corrected chi connectivity index (χ0v) is 12.2. The number of fused-ring (bicyclic) bond motifs is 1. The molecule has 0 amide bonds. The van der Waals surface area contributed by atoms with Gasteiger partial charge in [0.05, 0.1) is 25.6 Å². The summed E-state index contributed by atoms with van der Waals surface area (Å²) in [7, 11) is 2.43. The normalized spacial score (nSPS) is 33.5. The van der Waals surface area contributed by atoms with Crippen LogP contribution in [-0.2, 0) is 18.9 Å². The summed E-state index contributed by atoms with van der Waals surface area (Å²) in [6.07, 6.45) is -2.06. The van der Waals surface area contributed by atoms with E-state index in [9.17, 15) is 9.59 Å². The molecular formula is C12H18N4O6. The third kappa shape index (κ3) is 2.76. The lowest BCUT2D eigenvalue weighted by Gasteiger charge is -2.17. The highest BCUT2D eigenvalue weighted by molar-refractivity contribution is 6.05. The Hall–Kier alpha value is -2.52. The number of nitrogens with two attached hydrogens (primary N) is 2. The minimum atomic E-state index is -0.820. The molecule has 0 aromatic rings. The van der Waals surface area contributed by atoms with E-state index in [1.54, 1.807) is 0 Å². The van der Waals surface area contributed by atoms with Crippen LogP contribution >= 0.6 is 0 Å². The van der Waals surface area contributed by atoms with E-state index in [1.807, 2.05) is 0 Å². The molecular weight excluding hydrogens is 296 g/mol. The molecule has 4 N–H and O–H groups in total. The molecule has 0 aliphatic heterocycles. The highest BCUT2D eigenvalue weighted by atomic mass is 16.7. The maximum absolute atomic E-state index is 11.3. The van der Waals surface area contributed by atoms with Crippen LogP contribution < -0.4 is 11.7 Å². The van der Waals surface area contributed by atoms with Crippen LogP contribution in [0.2, 0.25) is 0 Å². The number of ether oxygens (including phenoxy) is 4. The Balaban J connectivity index is 2.15. The van der Waals surface area contributed by atoms with Crippen molar-refractivity contribution < 1.29 is 28.5 Å². The van der Waals surface area contributed by atoms with Crippen molar-refractivity contribution in [2.24, 2.45) is 33.7 Å². The van der Waals surface area contributed by atoms with Gasteiger partial charge in [-0.3, -0.25) is 0 Å². The summed E-state index contributed by atoms with van der Waals surface area (Å²) in [5, 5.41) is 7.44. The fourth-order valence-corrected chi connectivity index (χ4v) is 3.07. The van der Waals surface area contributed by atoms with Crippen molar-refractivity contribution in [2.45, 2.75) is 25.0 Å². The summed E-state index contributed by atoms with van der Waals surface area (Å²) >= 11 is 0. The SMILES string of the molecule is COC(=O)O[C@@H]1C[C@@H]2/C(=N\N)[C@H](OC(=O)OC)C[C@@H]2/C1=N\N. The highest BCUT2D eigenvalue weighted by Gasteiger charge is 2.53. The number of rotatable bonds is 2. The standard InChI is InChI=1S/C12H18N4O6/c1-19-11(17)21-7-3-5-6(9(7)15-13)4-8(10(5)16-14)22-12(18)20-2/h5-8H,3-4,13-14H2,1-2H3/b15-9+,16-10+/t5-,6-,7+,8+/m0/s1. The molecule has 0 radical (unpaired) electrons. The molecule has 0 bridgehead atoms. The number of carbonyl (C=O) groups excluding carboxylic acids is 2. The minimum Gasteiger partial charge on any atom is -0.438 e. The van der Waals surface area contributed by atoms with Gasteiger partial charge in [0.1, 0.15) is 12.2 Å². The van der Waals surface area contributed by atoms with Crippen LogP contribution in [-0.4, -0.2) is 50.2 Å². The minimum absolute atomic E-state index is 0.170. The Morgan fingerprint density at radius 3 is 1.55 bits per heavy atom. The molecule has 0 aromatic heterocycles. The average molecular weight is 314 g/mol. The first kappa shape index (κ1) is 15.9. The average Bonchev–Trinajstić information content (AvgIpc) is 3.00. The molecule has 2 aliphatic rings. The van der Waals surface area contributed by atoms with E-state index in [0.717, 1.165) is 0 Å². The second kappa shape index (κ2) is 6.50.